The molecule has 0 radical (unpaired) electrons. The third-order valence-corrected chi connectivity index (χ3v) is 4.00. The molecule has 2 aromatic carbocycles. The number of ether oxygens (including phenoxy) is 1. The zero-order valence-corrected chi connectivity index (χ0v) is 13.1. The van der Waals surface area contributed by atoms with Crippen molar-refractivity contribution in [2.24, 2.45) is 0 Å². The maximum atomic E-state index is 11.4. The molecule has 0 aliphatic heterocycles. The third-order valence-electron chi connectivity index (χ3n) is 3.04. The molecule has 0 amide bonds. The summed E-state index contributed by atoms with van der Waals surface area (Å²) in [4.78, 5) is 12.6. The van der Waals surface area contributed by atoms with Crippen LogP contribution in [0.4, 0.5) is 5.69 Å². The number of benzene rings is 2. The van der Waals surface area contributed by atoms with Gasteiger partial charge in [-0.2, -0.15) is 0 Å². The van der Waals surface area contributed by atoms with Gasteiger partial charge in [0.15, 0.2) is 0 Å². The molecular formula is C17H19NO2S. The zero-order valence-electron chi connectivity index (χ0n) is 12.3. The van der Waals surface area contributed by atoms with Crippen molar-refractivity contribution in [3.63, 3.8) is 0 Å². The lowest BCUT2D eigenvalue weighted by atomic mass is 10.1. The van der Waals surface area contributed by atoms with Gasteiger partial charge >= 0.3 is 5.97 Å². The molecule has 0 fully saturated rings. The van der Waals surface area contributed by atoms with Gasteiger partial charge in [0.05, 0.1) is 12.7 Å². The normalized spacial score (nSPS) is 10.2. The molecule has 0 bridgehead atoms. The predicted octanol–water partition coefficient (Wildman–Crippen LogP) is 4.20. The minimum Gasteiger partial charge on any atom is -0.465 e. The van der Waals surface area contributed by atoms with E-state index in [9.17, 15) is 4.79 Å². The number of hydrogen-bond donors (Lipinski definition) is 1. The fraction of sp³-hybridized carbons (Fsp3) is 0.235. The van der Waals surface area contributed by atoms with E-state index in [4.69, 9.17) is 4.74 Å². The Morgan fingerprint density at radius 2 is 1.86 bits per heavy atom. The number of methoxy groups -OCH3 is 1. The lowest BCUT2D eigenvalue weighted by molar-refractivity contribution is 0.0600. The molecule has 110 valence electrons. The maximum Gasteiger partial charge on any atom is 0.337 e. The lowest BCUT2D eigenvalue weighted by Crippen LogP contribution is -2.03. The largest absolute Gasteiger partial charge is 0.465 e. The van der Waals surface area contributed by atoms with E-state index in [0.717, 1.165) is 23.5 Å². The Kier molecular flexibility index (Phi) is 5.69. The van der Waals surface area contributed by atoms with Crippen LogP contribution in [0.1, 0.15) is 22.8 Å². The van der Waals surface area contributed by atoms with Gasteiger partial charge in [-0.25, -0.2) is 4.79 Å². The van der Waals surface area contributed by atoms with Crippen LogP contribution >= 0.6 is 11.8 Å². The highest BCUT2D eigenvalue weighted by Gasteiger charge is 2.05. The summed E-state index contributed by atoms with van der Waals surface area (Å²) < 4.78 is 4.69. The van der Waals surface area contributed by atoms with Gasteiger partial charge < -0.3 is 10.1 Å². The fourth-order valence-corrected chi connectivity index (χ4v) is 2.75. The summed E-state index contributed by atoms with van der Waals surface area (Å²) in [6.45, 7) is 2.87. The van der Waals surface area contributed by atoms with Gasteiger partial charge in [-0.05, 0) is 35.6 Å². The fourth-order valence-electron chi connectivity index (χ4n) is 1.97. The average Bonchev–Trinajstić information content (AvgIpc) is 2.54. The van der Waals surface area contributed by atoms with Crippen LogP contribution in [0.3, 0.4) is 0 Å². The first-order chi connectivity index (χ1) is 10.2. The quantitative estimate of drug-likeness (QED) is 0.641. The number of carbonyl (C=O) groups excluding carboxylic acids is 1. The van der Waals surface area contributed by atoms with Crippen LogP contribution in [0, 0.1) is 0 Å². The van der Waals surface area contributed by atoms with Crippen LogP contribution < -0.4 is 5.32 Å². The van der Waals surface area contributed by atoms with Crippen molar-refractivity contribution in [3.8, 4) is 0 Å². The number of anilines is 1. The first kappa shape index (κ1) is 15.4. The molecule has 0 spiro atoms. The summed E-state index contributed by atoms with van der Waals surface area (Å²) in [5.74, 6) is 0.742. The molecule has 3 nitrogen and oxygen atoms in total. The number of rotatable bonds is 6. The highest BCUT2D eigenvalue weighted by atomic mass is 32.2. The summed E-state index contributed by atoms with van der Waals surface area (Å²) in [6.07, 6.45) is 0. The molecule has 0 unspecified atom stereocenters. The summed E-state index contributed by atoms with van der Waals surface area (Å²) in [5, 5.41) is 3.44. The van der Waals surface area contributed by atoms with E-state index < -0.39 is 0 Å². The Labute approximate surface area is 129 Å². The zero-order chi connectivity index (χ0) is 15.1. The van der Waals surface area contributed by atoms with E-state index in [1.165, 1.54) is 12.0 Å². The average molecular weight is 301 g/mol. The van der Waals surface area contributed by atoms with E-state index >= 15 is 0 Å². The monoisotopic (exact) mass is 301 g/mol. The lowest BCUT2D eigenvalue weighted by Gasteiger charge is -2.11. The van der Waals surface area contributed by atoms with Crippen LogP contribution in [0.15, 0.2) is 53.4 Å². The highest BCUT2D eigenvalue weighted by Crippen LogP contribution is 2.26. The van der Waals surface area contributed by atoms with Crippen molar-refractivity contribution in [1.82, 2.24) is 0 Å². The second-order valence-corrected chi connectivity index (χ2v) is 5.78. The van der Waals surface area contributed by atoms with Crippen LogP contribution in [-0.4, -0.2) is 18.8 Å². The van der Waals surface area contributed by atoms with Gasteiger partial charge in [-0.15, -0.1) is 11.8 Å². The number of carbonyl (C=O) groups is 1. The van der Waals surface area contributed by atoms with E-state index in [2.05, 4.69) is 24.4 Å². The highest BCUT2D eigenvalue weighted by molar-refractivity contribution is 7.99. The number of thioether (sulfide) groups is 1. The molecule has 0 saturated carbocycles. The van der Waals surface area contributed by atoms with Crippen LogP contribution in [0.5, 0.6) is 0 Å². The van der Waals surface area contributed by atoms with Gasteiger partial charge in [0.1, 0.15) is 0 Å². The van der Waals surface area contributed by atoms with E-state index in [1.807, 2.05) is 36.0 Å². The van der Waals surface area contributed by atoms with Crippen LogP contribution in [0.2, 0.25) is 0 Å². The predicted molar refractivity (Wildman–Crippen MR) is 87.9 cm³/mol. The van der Waals surface area contributed by atoms with E-state index in [0.29, 0.717) is 5.56 Å². The maximum absolute atomic E-state index is 11.4. The Hall–Kier alpha value is -1.94. The molecular weight excluding hydrogens is 282 g/mol. The third kappa shape index (κ3) is 4.26. The molecule has 1 N–H and O–H groups in total. The Bertz CT molecular complexity index is 596. The molecule has 0 aliphatic rings. The van der Waals surface area contributed by atoms with Crippen molar-refractivity contribution in [2.45, 2.75) is 18.4 Å². The topological polar surface area (TPSA) is 38.3 Å². The summed E-state index contributed by atoms with van der Waals surface area (Å²) in [7, 11) is 1.39. The second-order valence-electron chi connectivity index (χ2n) is 4.47. The Morgan fingerprint density at radius 3 is 2.52 bits per heavy atom. The van der Waals surface area contributed by atoms with Gasteiger partial charge in [0.2, 0.25) is 0 Å². The molecule has 0 aliphatic carbocycles. The molecule has 4 heteroatoms. The van der Waals surface area contributed by atoms with Crippen molar-refractivity contribution < 1.29 is 9.53 Å². The van der Waals surface area contributed by atoms with Gasteiger partial charge in [-0.1, -0.05) is 31.2 Å². The van der Waals surface area contributed by atoms with Crippen LogP contribution in [0.25, 0.3) is 0 Å². The van der Waals surface area contributed by atoms with Crippen LogP contribution in [-0.2, 0) is 11.3 Å². The van der Waals surface area contributed by atoms with Crippen molar-refractivity contribution >= 4 is 23.4 Å². The number of esters is 1. The molecule has 21 heavy (non-hydrogen) atoms. The minimum atomic E-state index is -0.306. The standard InChI is InChI=1S/C17H19NO2S/c1-3-21-16-7-5-4-6-15(16)18-12-13-8-10-14(11-9-13)17(19)20-2/h4-11,18H,3,12H2,1-2H3. The summed E-state index contributed by atoms with van der Waals surface area (Å²) >= 11 is 1.82. The van der Waals surface area contributed by atoms with Crippen molar-refractivity contribution in [1.29, 1.82) is 0 Å². The first-order valence-corrected chi connectivity index (χ1v) is 7.86. The second kappa shape index (κ2) is 7.74. The van der Waals surface area contributed by atoms with Gasteiger partial charge in [0.25, 0.3) is 0 Å². The molecule has 2 aromatic rings. The minimum absolute atomic E-state index is 0.306. The molecule has 0 aromatic heterocycles. The smallest absolute Gasteiger partial charge is 0.337 e. The Morgan fingerprint density at radius 1 is 1.14 bits per heavy atom. The molecule has 0 heterocycles. The van der Waals surface area contributed by atoms with E-state index in [-0.39, 0.29) is 5.97 Å². The SMILES string of the molecule is CCSc1ccccc1NCc1ccc(C(=O)OC)cc1. The van der Waals surface area contributed by atoms with E-state index in [1.54, 1.807) is 12.1 Å². The number of para-hydroxylation sites is 1. The molecule has 0 saturated heterocycles. The number of hydrogen-bond acceptors (Lipinski definition) is 4. The summed E-state index contributed by atoms with van der Waals surface area (Å²) in [6, 6.07) is 15.7. The summed E-state index contributed by atoms with van der Waals surface area (Å²) in [5.41, 5.74) is 2.84. The Balaban J connectivity index is 2.01. The molecule has 2 rings (SSSR count). The van der Waals surface area contributed by atoms with Crippen molar-refractivity contribution in [3.05, 3.63) is 59.7 Å². The van der Waals surface area contributed by atoms with Gasteiger partial charge in [0, 0.05) is 17.1 Å². The van der Waals surface area contributed by atoms with Crippen molar-refractivity contribution in [2.75, 3.05) is 18.2 Å². The molecule has 0 atom stereocenters. The first-order valence-electron chi connectivity index (χ1n) is 6.87. The van der Waals surface area contributed by atoms with Gasteiger partial charge in [-0.3, -0.25) is 0 Å². The number of nitrogens with one attached hydrogen (secondary N) is 1.